The summed E-state index contributed by atoms with van der Waals surface area (Å²) in [5.74, 6) is -0.823. The molecule has 236 valence electrons. The number of fused-ring (bicyclic) bond motifs is 2. The van der Waals surface area contributed by atoms with Gasteiger partial charge in [-0.3, -0.25) is 9.35 Å². The Hall–Kier alpha value is -3.10. The number of benzene rings is 2. The zero-order chi connectivity index (χ0) is 31.7. The van der Waals surface area contributed by atoms with Crippen LogP contribution in [0.1, 0.15) is 69.4 Å². The molecule has 2 aliphatic rings. The summed E-state index contributed by atoms with van der Waals surface area (Å²) >= 11 is 1.40. The molecule has 10 nitrogen and oxygen atoms in total. The van der Waals surface area contributed by atoms with Crippen molar-refractivity contribution in [3.63, 3.8) is 0 Å². The number of carboxylic acid groups (broad SMARTS) is 1. The number of carboxylic acids is 1. The van der Waals surface area contributed by atoms with E-state index in [1.165, 1.54) is 23.5 Å². The molecule has 2 aromatic carbocycles. The Balaban J connectivity index is 1.41. The van der Waals surface area contributed by atoms with E-state index < -0.39 is 31.5 Å². The van der Waals surface area contributed by atoms with Crippen molar-refractivity contribution in [2.45, 2.75) is 74.0 Å². The van der Waals surface area contributed by atoms with Crippen LogP contribution in [0.5, 0.6) is 0 Å². The van der Waals surface area contributed by atoms with Crippen molar-refractivity contribution >= 4 is 59.4 Å². The molecule has 0 amide bonds. The van der Waals surface area contributed by atoms with Gasteiger partial charge < -0.3 is 10.0 Å². The molecular formula is C31H37N3O7S3. The lowest BCUT2D eigenvalue weighted by Crippen LogP contribution is -2.35. The van der Waals surface area contributed by atoms with Gasteiger partial charge in [0.25, 0.3) is 10.1 Å². The molecule has 1 aromatic heterocycles. The summed E-state index contributed by atoms with van der Waals surface area (Å²) in [5.41, 5.74) is 2.65. The topological polar surface area (TPSA) is 145 Å². The first-order valence-corrected chi connectivity index (χ1v) is 18.4. The van der Waals surface area contributed by atoms with Crippen LogP contribution in [0.2, 0.25) is 0 Å². The van der Waals surface area contributed by atoms with E-state index in [0.717, 1.165) is 53.8 Å². The first-order valence-electron chi connectivity index (χ1n) is 14.7. The van der Waals surface area contributed by atoms with Gasteiger partial charge in [0.15, 0.2) is 0 Å². The minimum Gasteiger partial charge on any atom is -0.481 e. The predicted octanol–water partition coefficient (Wildman–Crippen LogP) is 6.06. The molecule has 13 heteroatoms. The standard InChI is InChI=1S/C31H37N3O7S3/c1-31(2)24-20-23(44(39,40)41)14-16-26(24)34(19-8-3-5-12-30(35)36)28(31)10-9-11-29-32-25-15-13-22(21-27(25)42-29)43(37,38)33-17-6-4-7-18-33/h9-11,13-16,20-21H,3-8,12,17-19H2,1-2H3,(H,35,36)(H,39,40,41)/b11-9+,28-10+. The van der Waals surface area contributed by atoms with E-state index in [1.54, 1.807) is 28.6 Å². The number of rotatable bonds is 11. The molecule has 1 saturated heterocycles. The lowest BCUT2D eigenvalue weighted by Gasteiger charge is -2.27. The Kier molecular flexibility index (Phi) is 9.34. The van der Waals surface area contributed by atoms with Gasteiger partial charge in [0.05, 0.1) is 20.0 Å². The number of piperidine rings is 1. The van der Waals surface area contributed by atoms with Crippen LogP contribution in [0.4, 0.5) is 5.69 Å². The molecule has 0 spiro atoms. The number of anilines is 1. The summed E-state index contributed by atoms with van der Waals surface area (Å²) in [7, 11) is -7.93. The van der Waals surface area contributed by atoms with Crippen LogP contribution in [0.15, 0.2) is 64.0 Å². The van der Waals surface area contributed by atoms with Crippen LogP contribution in [-0.2, 0) is 30.4 Å². The van der Waals surface area contributed by atoms with Gasteiger partial charge in [-0.1, -0.05) is 32.8 Å². The summed E-state index contributed by atoms with van der Waals surface area (Å²) in [5, 5.41) is 9.68. The highest BCUT2D eigenvalue weighted by Crippen LogP contribution is 2.48. The number of allylic oxidation sites excluding steroid dienone is 3. The second-order valence-corrected chi connectivity index (χ2v) is 16.1. The normalized spacial score (nSPS) is 18.4. The van der Waals surface area contributed by atoms with E-state index in [4.69, 9.17) is 5.11 Å². The van der Waals surface area contributed by atoms with Crippen molar-refractivity contribution in [2.24, 2.45) is 0 Å². The number of thiazole rings is 1. The van der Waals surface area contributed by atoms with Crippen LogP contribution >= 0.6 is 11.3 Å². The quantitative estimate of drug-likeness (QED) is 0.185. The van der Waals surface area contributed by atoms with Crippen molar-refractivity contribution in [2.75, 3.05) is 24.5 Å². The minimum atomic E-state index is -4.38. The molecule has 5 rings (SSSR count). The maximum atomic E-state index is 13.2. The van der Waals surface area contributed by atoms with Crippen molar-refractivity contribution in [1.82, 2.24) is 9.29 Å². The first-order chi connectivity index (χ1) is 20.8. The third-order valence-electron chi connectivity index (χ3n) is 8.26. The molecule has 0 bridgehead atoms. The number of sulfonamides is 1. The van der Waals surface area contributed by atoms with Crippen LogP contribution in [0.25, 0.3) is 16.3 Å². The van der Waals surface area contributed by atoms with Crippen molar-refractivity contribution in [3.05, 3.63) is 64.8 Å². The Morgan fingerprint density at radius 1 is 1.00 bits per heavy atom. The van der Waals surface area contributed by atoms with Gasteiger partial charge >= 0.3 is 5.97 Å². The number of carbonyl (C=O) groups is 1. The van der Waals surface area contributed by atoms with Crippen LogP contribution in [0, 0.1) is 0 Å². The average Bonchev–Trinajstić information content (AvgIpc) is 3.48. The van der Waals surface area contributed by atoms with Gasteiger partial charge in [0, 0.05) is 42.9 Å². The lowest BCUT2D eigenvalue weighted by molar-refractivity contribution is -0.137. The smallest absolute Gasteiger partial charge is 0.303 e. The summed E-state index contributed by atoms with van der Waals surface area (Å²) in [6.07, 6.45) is 10.6. The zero-order valence-electron chi connectivity index (χ0n) is 24.8. The summed E-state index contributed by atoms with van der Waals surface area (Å²) in [6.45, 7) is 5.68. The van der Waals surface area contributed by atoms with Gasteiger partial charge in [0.1, 0.15) is 5.01 Å². The molecule has 1 fully saturated rings. The Labute approximate surface area is 262 Å². The van der Waals surface area contributed by atoms with E-state index in [2.05, 4.69) is 9.88 Å². The Morgan fingerprint density at radius 3 is 2.43 bits per heavy atom. The maximum absolute atomic E-state index is 13.2. The van der Waals surface area contributed by atoms with E-state index in [0.29, 0.717) is 36.6 Å². The molecule has 0 atom stereocenters. The number of aromatic nitrogens is 1. The van der Waals surface area contributed by atoms with E-state index in [1.807, 2.05) is 32.1 Å². The Bertz CT molecular complexity index is 1840. The number of unbranched alkanes of at least 4 members (excludes halogenated alkanes) is 2. The first kappa shape index (κ1) is 32.3. The molecule has 0 unspecified atom stereocenters. The molecular weight excluding hydrogens is 623 g/mol. The largest absolute Gasteiger partial charge is 0.481 e. The highest BCUT2D eigenvalue weighted by molar-refractivity contribution is 7.89. The van der Waals surface area contributed by atoms with Crippen molar-refractivity contribution < 1.29 is 31.3 Å². The molecule has 3 heterocycles. The van der Waals surface area contributed by atoms with Crippen LogP contribution in [-0.4, -0.2) is 61.4 Å². The monoisotopic (exact) mass is 659 g/mol. The second-order valence-electron chi connectivity index (χ2n) is 11.7. The molecule has 0 aliphatic carbocycles. The second kappa shape index (κ2) is 12.7. The van der Waals surface area contributed by atoms with Crippen LogP contribution < -0.4 is 4.90 Å². The summed E-state index contributed by atoms with van der Waals surface area (Å²) < 4.78 is 62.1. The minimum absolute atomic E-state index is 0.110. The predicted molar refractivity (Wildman–Crippen MR) is 172 cm³/mol. The number of aliphatic carboxylic acids is 1. The van der Waals surface area contributed by atoms with E-state index in [-0.39, 0.29) is 16.2 Å². The Morgan fingerprint density at radius 2 is 1.73 bits per heavy atom. The molecule has 3 aromatic rings. The average molecular weight is 660 g/mol. The third-order valence-corrected chi connectivity index (χ3v) is 12.0. The summed E-state index contributed by atoms with van der Waals surface area (Å²) in [6, 6.07) is 9.66. The molecule has 44 heavy (non-hydrogen) atoms. The fraction of sp³-hybridized carbons (Fsp3) is 0.419. The molecule has 0 radical (unpaired) electrons. The SMILES string of the molecule is CC1(C)/C(=C\C=C\c2nc3ccc(S(=O)(=O)N4CCCCC4)cc3s2)N(CCCCCC(=O)O)c2ccc(S(=O)(=O)O)cc21. The van der Waals surface area contributed by atoms with E-state index in [9.17, 15) is 26.2 Å². The van der Waals surface area contributed by atoms with Crippen LogP contribution in [0.3, 0.4) is 0 Å². The van der Waals surface area contributed by atoms with Gasteiger partial charge in [-0.15, -0.1) is 11.3 Å². The fourth-order valence-corrected chi connectivity index (χ4v) is 8.95. The number of nitrogens with zero attached hydrogens (tertiary/aromatic N) is 3. The fourth-order valence-electron chi connectivity index (χ4n) is 5.91. The number of hydrogen-bond donors (Lipinski definition) is 2. The molecule has 2 aliphatic heterocycles. The third kappa shape index (κ3) is 6.76. The highest BCUT2D eigenvalue weighted by atomic mass is 32.2. The molecule has 2 N–H and O–H groups in total. The molecule has 0 saturated carbocycles. The van der Waals surface area contributed by atoms with Crippen molar-refractivity contribution in [3.8, 4) is 0 Å². The van der Waals surface area contributed by atoms with Gasteiger partial charge in [0.2, 0.25) is 10.0 Å². The number of hydrogen-bond acceptors (Lipinski definition) is 8. The highest BCUT2D eigenvalue weighted by Gasteiger charge is 2.40. The van der Waals surface area contributed by atoms with Gasteiger partial charge in [-0.05, 0) is 79.8 Å². The van der Waals surface area contributed by atoms with Crippen molar-refractivity contribution in [1.29, 1.82) is 0 Å². The lowest BCUT2D eigenvalue weighted by atomic mass is 9.83. The maximum Gasteiger partial charge on any atom is 0.303 e. The van der Waals surface area contributed by atoms with E-state index >= 15 is 0 Å². The zero-order valence-corrected chi connectivity index (χ0v) is 27.2. The van der Waals surface area contributed by atoms with Gasteiger partial charge in [-0.2, -0.15) is 12.7 Å². The van der Waals surface area contributed by atoms with Gasteiger partial charge in [-0.25, -0.2) is 13.4 Å². The summed E-state index contributed by atoms with van der Waals surface area (Å²) in [4.78, 5) is 17.8.